The molecule has 41 heavy (non-hydrogen) atoms. The molecule has 1 amide bonds. The third-order valence-electron chi connectivity index (χ3n) is 7.74. The highest BCUT2D eigenvalue weighted by Gasteiger charge is 2.35. The molecule has 1 fully saturated rings. The molecule has 0 saturated carbocycles. The van der Waals surface area contributed by atoms with Crippen LogP contribution in [0.25, 0.3) is 22.6 Å². The molecule has 3 heterocycles. The summed E-state index contributed by atoms with van der Waals surface area (Å²) in [6.07, 6.45) is 1.43. The van der Waals surface area contributed by atoms with Gasteiger partial charge in [-0.3, -0.25) is 0 Å². The Kier molecular flexibility index (Phi) is 9.88. The van der Waals surface area contributed by atoms with E-state index in [1.165, 1.54) is 7.11 Å². The van der Waals surface area contributed by atoms with Crippen molar-refractivity contribution >= 4 is 17.7 Å². The average molecular weight is 586 g/mol. The molecule has 0 radical (unpaired) electrons. The number of hydrogen-bond acceptors (Lipinski definition) is 9. The maximum absolute atomic E-state index is 12.4. The van der Waals surface area contributed by atoms with E-state index in [-0.39, 0.29) is 24.8 Å². The second-order valence-electron chi connectivity index (χ2n) is 10.9. The molecule has 2 aromatic heterocycles. The number of aryl methyl sites for hydroxylation is 2. The van der Waals surface area contributed by atoms with Crippen LogP contribution in [-0.4, -0.2) is 76.7 Å². The van der Waals surface area contributed by atoms with Gasteiger partial charge in [0, 0.05) is 29.9 Å². The van der Waals surface area contributed by atoms with Gasteiger partial charge in [0.05, 0.1) is 29.1 Å². The summed E-state index contributed by atoms with van der Waals surface area (Å²) in [4.78, 5) is 24.2. The van der Waals surface area contributed by atoms with Gasteiger partial charge in [-0.2, -0.15) is 0 Å². The summed E-state index contributed by atoms with van der Waals surface area (Å²) >= 11 is 6.69. The number of nitrogens with zero attached hydrogens (tertiary/aromatic N) is 4. The van der Waals surface area contributed by atoms with Gasteiger partial charge in [-0.05, 0) is 90.6 Å². The predicted octanol–water partition coefficient (Wildman–Crippen LogP) is 5.13. The Bertz CT molecular complexity index is 1350. The Hall–Kier alpha value is -3.21. The number of halogens is 1. The largest absolute Gasteiger partial charge is 0.491 e. The molecule has 0 aliphatic carbocycles. The first-order chi connectivity index (χ1) is 19.5. The number of aromatic nitrogens is 3. The Morgan fingerprint density at radius 2 is 1.93 bits per heavy atom. The lowest BCUT2D eigenvalue weighted by Crippen LogP contribution is -2.50. The van der Waals surface area contributed by atoms with E-state index >= 15 is 0 Å². The van der Waals surface area contributed by atoms with Crippen molar-refractivity contribution in [1.29, 1.82) is 0 Å². The summed E-state index contributed by atoms with van der Waals surface area (Å²) < 4.78 is 16.4. The number of likely N-dealkylation sites (tertiary alicyclic amines) is 1. The molecule has 11 heteroatoms. The minimum absolute atomic E-state index is 0.0429. The van der Waals surface area contributed by atoms with Crippen molar-refractivity contribution in [2.45, 2.75) is 72.1 Å². The van der Waals surface area contributed by atoms with Crippen molar-refractivity contribution in [1.82, 2.24) is 25.3 Å². The number of rotatable bonds is 9. The quantitative estimate of drug-likeness (QED) is 0.351. The number of amides is 1. The third kappa shape index (κ3) is 6.82. The van der Waals surface area contributed by atoms with Gasteiger partial charge in [0.2, 0.25) is 0 Å². The van der Waals surface area contributed by atoms with E-state index in [1.54, 1.807) is 25.2 Å². The Balaban J connectivity index is 1.73. The Labute approximate surface area is 246 Å². The van der Waals surface area contributed by atoms with Crippen molar-refractivity contribution in [3.05, 3.63) is 45.9 Å². The minimum atomic E-state index is -0.650. The molecule has 222 valence electrons. The molecule has 0 bridgehead atoms. The molecule has 3 aromatic rings. The van der Waals surface area contributed by atoms with E-state index in [0.717, 1.165) is 41.1 Å². The van der Waals surface area contributed by atoms with Crippen LogP contribution in [0.3, 0.4) is 0 Å². The van der Waals surface area contributed by atoms with Crippen LogP contribution in [0.15, 0.2) is 22.7 Å². The Morgan fingerprint density at radius 1 is 1.22 bits per heavy atom. The molecule has 1 aliphatic rings. The molecule has 1 aliphatic heterocycles. The molecule has 0 spiro atoms. The van der Waals surface area contributed by atoms with Crippen LogP contribution in [0, 0.1) is 26.7 Å². The first-order valence-corrected chi connectivity index (χ1v) is 14.3. The second kappa shape index (κ2) is 13.2. The molecule has 4 rings (SSSR count). The van der Waals surface area contributed by atoms with E-state index in [2.05, 4.69) is 24.3 Å². The molecule has 2 N–H and O–H groups in total. The van der Waals surface area contributed by atoms with Crippen LogP contribution in [0.1, 0.15) is 49.4 Å². The zero-order valence-electron chi connectivity index (χ0n) is 24.8. The van der Waals surface area contributed by atoms with E-state index < -0.39 is 6.10 Å². The van der Waals surface area contributed by atoms with Crippen molar-refractivity contribution in [3.63, 3.8) is 0 Å². The number of piperidine rings is 1. The molecular weight excluding hydrogens is 546 g/mol. The van der Waals surface area contributed by atoms with Gasteiger partial charge in [-0.15, -0.1) is 0 Å². The van der Waals surface area contributed by atoms with Crippen LogP contribution in [0.4, 0.5) is 4.79 Å². The molecular formula is C30H40ClN5O5. The molecule has 1 saturated heterocycles. The summed E-state index contributed by atoms with van der Waals surface area (Å²) in [5.74, 6) is 2.01. The fourth-order valence-electron chi connectivity index (χ4n) is 5.83. The number of hydrogen-bond donors (Lipinski definition) is 2. The van der Waals surface area contributed by atoms with Crippen LogP contribution in [-0.2, 0) is 11.2 Å². The zero-order chi connectivity index (χ0) is 29.8. The van der Waals surface area contributed by atoms with Gasteiger partial charge in [-0.1, -0.05) is 16.8 Å². The fraction of sp³-hybridized carbons (Fsp3) is 0.533. The summed E-state index contributed by atoms with van der Waals surface area (Å²) in [6.45, 7) is 10.5. The highest BCUT2D eigenvalue weighted by molar-refractivity contribution is 6.33. The van der Waals surface area contributed by atoms with E-state index in [0.29, 0.717) is 46.8 Å². The van der Waals surface area contributed by atoms with Crippen LogP contribution in [0.5, 0.6) is 5.75 Å². The lowest BCUT2D eigenvalue weighted by molar-refractivity contribution is 0.0520. The van der Waals surface area contributed by atoms with Gasteiger partial charge in [0.25, 0.3) is 0 Å². The molecule has 10 nitrogen and oxygen atoms in total. The highest BCUT2D eigenvalue weighted by atomic mass is 35.5. The smallest absolute Gasteiger partial charge is 0.409 e. The number of nitrogens with one attached hydrogen (secondary N) is 1. The van der Waals surface area contributed by atoms with E-state index in [1.807, 2.05) is 25.7 Å². The normalized spacial score (nSPS) is 19.7. The van der Waals surface area contributed by atoms with Crippen molar-refractivity contribution in [2.24, 2.45) is 5.92 Å². The van der Waals surface area contributed by atoms with Crippen molar-refractivity contribution < 1.29 is 23.9 Å². The SMILES string of the molecule is CNCC(O)COc1ccc(Cl)c(-c2nc(CC3CC(C)N(C(=O)OC)C(C)C3)c(C)c(-c3c(C)noc3C)n2)c1. The summed E-state index contributed by atoms with van der Waals surface area (Å²) in [5.41, 5.74) is 4.83. The number of aliphatic hydroxyl groups excluding tert-OH is 1. The number of aliphatic hydroxyl groups is 1. The summed E-state index contributed by atoms with van der Waals surface area (Å²) in [5, 5.41) is 17.7. The van der Waals surface area contributed by atoms with Gasteiger partial charge in [-0.25, -0.2) is 14.8 Å². The second-order valence-corrected chi connectivity index (χ2v) is 11.4. The monoisotopic (exact) mass is 585 g/mol. The number of carbonyl (C=O) groups excluding carboxylic acids is 1. The maximum Gasteiger partial charge on any atom is 0.409 e. The van der Waals surface area contributed by atoms with Crippen LogP contribution in [0.2, 0.25) is 5.02 Å². The average Bonchev–Trinajstić information content (AvgIpc) is 3.26. The molecule has 3 unspecified atom stereocenters. The lowest BCUT2D eigenvalue weighted by Gasteiger charge is -2.41. The van der Waals surface area contributed by atoms with Gasteiger partial charge < -0.3 is 29.3 Å². The number of likely N-dealkylation sites (N-methyl/N-ethyl adjacent to an activating group) is 1. The highest BCUT2D eigenvalue weighted by Crippen LogP contribution is 2.37. The summed E-state index contributed by atoms with van der Waals surface area (Å²) in [6, 6.07) is 5.41. The maximum atomic E-state index is 12.4. The number of benzene rings is 1. The van der Waals surface area contributed by atoms with Crippen molar-refractivity contribution in [3.8, 4) is 28.4 Å². The lowest BCUT2D eigenvalue weighted by atomic mass is 9.83. The summed E-state index contributed by atoms with van der Waals surface area (Å²) in [7, 11) is 3.20. The van der Waals surface area contributed by atoms with Crippen molar-refractivity contribution in [2.75, 3.05) is 27.3 Å². The van der Waals surface area contributed by atoms with Gasteiger partial charge in [0.15, 0.2) is 5.82 Å². The number of ether oxygens (including phenoxy) is 2. The van der Waals surface area contributed by atoms with Crippen LogP contribution < -0.4 is 10.1 Å². The zero-order valence-corrected chi connectivity index (χ0v) is 25.6. The third-order valence-corrected chi connectivity index (χ3v) is 8.07. The predicted molar refractivity (Wildman–Crippen MR) is 157 cm³/mol. The van der Waals surface area contributed by atoms with E-state index in [9.17, 15) is 9.90 Å². The first-order valence-electron chi connectivity index (χ1n) is 14.0. The molecule has 1 aromatic carbocycles. The minimum Gasteiger partial charge on any atom is -0.491 e. The Morgan fingerprint density at radius 3 is 2.54 bits per heavy atom. The number of methoxy groups -OCH3 is 1. The standard InChI is InChI=1S/C30H40ClN5O5/c1-16-10-21(11-17(2)36(16)30(38)39-7)12-26-18(3)28(27-19(4)35-41-20(27)5)34-29(33-26)24-13-23(8-9-25(24)31)40-15-22(37)14-32-6/h8-9,13,16-17,21-22,32,37H,10-12,14-15H2,1-7H3. The van der Waals surface area contributed by atoms with Crippen LogP contribution >= 0.6 is 11.6 Å². The fourth-order valence-corrected chi connectivity index (χ4v) is 6.03. The molecule has 3 atom stereocenters. The van der Waals surface area contributed by atoms with Gasteiger partial charge >= 0.3 is 6.09 Å². The van der Waals surface area contributed by atoms with E-state index in [4.69, 9.17) is 35.6 Å². The number of carbonyl (C=O) groups is 1. The topological polar surface area (TPSA) is 123 Å². The van der Waals surface area contributed by atoms with Gasteiger partial charge in [0.1, 0.15) is 24.2 Å². The first kappa shape index (κ1) is 30.7.